The number of carbonyl (C=O) groups excluding carboxylic acids is 1. The Hall–Kier alpha value is -2.02. The lowest BCUT2D eigenvalue weighted by Crippen LogP contribution is -2.33. The van der Waals surface area contributed by atoms with Crippen molar-refractivity contribution < 1.29 is 4.79 Å². The maximum Gasteiger partial charge on any atom is 0.219 e. The van der Waals surface area contributed by atoms with Crippen molar-refractivity contribution in [1.82, 2.24) is 9.80 Å². The molecule has 0 radical (unpaired) electrons. The van der Waals surface area contributed by atoms with Crippen LogP contribution >= 0.6 is 0 Å². The predicted octanol–water partition coefficient (Wildman–Crippen LogP) is 2.47. The lowest BCUT2D eigenvalue weighted by atomic mass is 10.3. The zero-order valence-corrected chi connectivity index (χ0v) is 12.4. The molecule has 0 aromatic heterocycles. The summed E-state index contributed by atoms with van der Waals surface area (Å²) in [7, 11) is 0. The highest BCUT2D eigenvalue weighted by Gasteiger charge is 2.16. The van der Waals surface area contributed by atoms with Gasteiger partial charge in [0.15, 0.2) is 0 Å². The van der Waals surface area contributed by atoms with E-state index < -0.39 is 0 Å². The number of amides is 1. The molecule has 4 nitrogen and oxygen atoms in total. The topological polar surface area (TPSA) is 47.3 Å². The average Bonchev–Trinajstić information content (AvgIpc) is 2.82. The fraction of sp³-hybridized carbons (Fsp3) is 0.500. The van der Waals surface area contributed by atoms with Crippen LogP contribution in [0, 0.1) is 11.3 Å². The van der Waals surface area contributed by atoms with Crippen molar-refractivity contribution in [2.75, 3.05) is 26.2 Å². The summed E-state index contributed by atoms with van der Waals surface area (Å²) in [5.74, 6) is 0.193. The van der Waals surface area contributed by atoms with Gasteiger partial charge >= 0.3 is 0 Å². The molecule has 108 valence electrons. The van der Waals surface area contributed by atoms with Crippen LogP contribution in [0.1, 0.15) is 26.7 Å². The summed E-state index contributed by atoms with van der Waals surface area (Å²) in [5, 5.41) is 7.32. The molecule has 20 heavy (non-hydrogen) atoms. The molecule has 0 N–H and O–H groups in total. The second-order valence-corrected chi connectivity index (χ2v) is 4.72. The Labute approximate surface area is 121 Å². The molecule has 2 aliphatic rings. The summed E-state index contributed by atoms with van der Waals surface area (Å²) in [5.41, 5.74) is 1.29. The first-order valence-electron chi connectivity index (χ1n) is 7.03. The minimum Gasteiger partial charge on any atom is -0.370 e. The van der Waals surface area contributed by atoms with Crippen molar-refractivity contribution in [3.8, 4) is 6.07 Å². The van der Waals surface area contributed by atoms with Gasteiger partial charge in [0.1, 0.15) is 0 Å². The van der Waals surface area contributed by atoms with E-state index in [0.29, 0.717) is 0 Å². The predicted molar refractivity (Wildman–Crippen MR) is 80.7 cm³/mol. The molecular formula is C16H23N3O. The molecule has 0 spiro atoms. The van der Waals surface area contributed by atoms with Gasteiger partial charge in [0.05, 0.1) is 6.07 Å². The zero-order chi connectivity index (χ0) is 14.8. The zero-order valence-electron chi connectivity index (χ0n) is 12.4. The lowest BCUT2D eigenvalue weighted by Gasteiger charge is -2.24. The molecule has 0 bridgehead atoms. The van der Waals surface area contributed by atoms with E-state index in [4.69, 9.17) is 5.26 Å². The van der Waals surface area contributed by atoms with Gasteiger partial charge in [0.2, 0.25) is 5.91 Å². The van der Waals surface area contributed by atoms with E-state index in [1.54, 1.807) is 13.0 Å². The van der Waals surface area contributed by atoms with Gasteiger partial charge in [-0.2, -0.15) is 5.26 Å². The molecule has 1 amide bonds. The number of allylic oxidation sites excluding steroid dienone is 5. The Bertz CT molecular complexity index is 443. The van der Waals surface area contributed by atoms with E-state index in [-0.39, 0.29) is 5.91 Å². The number of rotatable bonds is 1. The van der Waals surface area contributed by atoms with Gasteiger partial charge in [-0.3, -0.25) is 4.79 Å². The maximum atomic E-state index is 11.4. The van der Waals surface area contributed by atoms with Gasteiger partial charge in [-0.15, -0.1) is 0 Å². The Kier molecular flexibility index (Phi) is 7.20. The number of hydrogen-bond donors (Lipinski definition) is 0. The average molecular weight is 273 g/mol. The highest BCUT2D eigenvalue weighted by Crippen LogP contribution is 2.14. The lowest BCUT2D eigenvalue weighted by molar-refractivity contribution is -0.128. The fourth-order valence-corrected chi connectivity index (χ4v) is 2.29. The number of nitriles is 1. The summed E-state index contributed by atoms with van der Waals surface area (Å²) in [6.07, 6.45) is 12.8. The van der Waals surface area contributed by atoms with Crippen LogP contribution in [0.2, 0.25) is 0 Å². The highest BCUT2D eigenvalue weighted by molar-refractivity contribution is 5.73. The summed E-state index contributed by atoms with van der Waals surface area (Å²) in [4.78, 5) is 15.7. The van der Waals surface area contributed by atoms with Crippen molar-refractivity contribution >= 4 is 5.91 Å². The van der Waals surface area contributed by atoms with Crippen LogP contribution in [-0.4, -0.2) is 41.9 Å². The molecule has 0 saturated carbocycles. The second-order valence-electron chi connectivity index (χ2n) is 4.72. The van der Waals surface area contributed by atoms with E-state index >= 15 is 0 Å². The Morgan fingerprint density at radius 2 is 2.00 bits per heavy atom. The van der Waals surface area contributed by atoms with Gasteiger partial charge in [0, 0.05) is 45.7 Å². The fourth-order valence-electron chi connectivity index (χ4n) is 2.29. The van der Waals surface area contributed by atoms with Crippen molar-refractivity contribution in [2.45, 2.75) is 26.7 Å². The SMILES string of the molecule is CC#N.CC(=O)N1CCCN(C2=CCC=CC=C2)CC1. The highest BCUT2D eigenvalue weighted by atomic mass is 16.2. The Morgan fingerprint density at radius 3 is 2.70 bits per heavy atom. The third-order valence-electron chi connectivity index (χ3n) is 3.28. The Morgan fingerprint density at radius 1 is 1.25 bits per heavy atom. The third-order valence-corrected chi connectivity index (χ3v) is 3.28. The molecule has 0 aromatic carbocycles. The molecule has 1 fully saturated rings. The van der Waals surface area contributed by atoms with E-state index in [1.807, 2.05) is 4.90 Å². The molecule has 1 aliphatic heterocycles. The molecule has 0 atom stereocenters. The number of carbonyl (C=O) groups is 1. The van der Waals surface area contributed by atoms with Crippen LogP contribution < -0.4 is 0 Å². The quantitative estimate of drug-likeness (QED) is 0.737. The van der Waals surface area contributed by atoms with Crippen molar-refractivity contribution in [1.29, 1.82) is 5.26 Å². The van der Waals surface area contributed by atoms with Crippen LogP contribution in [0.3, 0.4) is 0 Å². The first kappa shape index (κ1) is 16.0. The van der Waals surface area contributed by atoms with E-state index in [1.165, 1.54) is 12.6 Å². The molecule has 0 aromatic rings. The normalized spacial score (nSPS) is 18.1. The first-order valence-corrected chi connectivity index (χ1v) is 7.03. The van der Waals surface area contributed by atoms with E-state index in [9.17, 15) is 4.79 Å². The molecule has 2 rings (SSSR count). The molecule has 1 saturated heterocycles. The molecule has 0 unspecified atom stereocenters. The minimum atomic E-state index is 0.193. The van der Waals surface area contributed by atoms with Crippen molar-refractivity contribution in [2.24, 2.45) is 0 Å². The van der Waals surface area contributed by atoms with Crippen molar-refractivity contribution in [3.63, 3.8) is 0 Å². The summed E-state index contributed by atoms with van der Waals surface area (Å²) in [6.45, 7) is 6.80. The van der Waals surface area contributed by atoms with Crippen LogP contribution in [0.5, 0.6) is 0 Å². The molecule has 4 heteroatoms. The van der Waals surface area contributed by atoms with Crippen LogP contribution in [-0.2, 0) is 4.79 Å². The summed E-state index contributed by atoms with van der Waals surface area (Å²) < 4.78 is 0. The first-order chi connectivity index (χ1) is 9.69. The van der Waals surface area contributed by atoms with Crippen LogP contribution in [0.25, 0.3) is 0 Å². The third kappa shape index (κ3) is 5.31. The largest absolute Gasteiger partial charge is 0.370 e. The van der Waals surface area contributed by atoms with Gasteiger partial charge < -0.3 is 9.80 Å². The number of hydrogen-bond acceptors (Lipinski definition) is 3. The van der Waals surface area contributed by atoms with E-state index in [2.05, 4.69) is 35.3 Å². The maximum absolute atomic E-state index is 11.4. The molecule has 1 aliphatic carbocycles. The summed E-state index contributed by atoms with van der Waals surface area (Å²) in [6, 6.07) is 1.75. The van der Waals surface area contributed by atoms with E-state index in [0.717, 1.165) is 39.0 Å². The Balaban J connectivity index is 0.000000612. The minimum absolute atomic E-state index is 0.193. The number of nitrogens with zero attached hydrogens (tertiary/aromatic N) is 3. The van der Waals surface area contributed by atoms with Gasteiger partial charge in [-0.1, -0.05) is 24.3 Å². The van der Waals surface area contributed by atoms with Crippen LogP contribution in [0.4, 0.5) is 0 Å². The standard InChI is InChI=1S/C14H20N2O.C2H3N/c1-13(17)15-9-6-10-16(12-11-15)14-7-4-2-3-5-8-14;1-2-3/h2-4,7-8H,5-6,9-12H2,1H3;1H3. The van der Waals surface area contributed by atoms with Crippen LogP contribution in [0.15, 0.2) is 36.1 Å². The molecular weight excluding hydrogens is 250 g/mol. The van der Waals surface area contributed by atoms with Gasteiger partial charge in [-0.05, 0) is 18.9 Å². The van der Waals surface area contributed by atoms with Gasteiger partial charge in [0.25, 0.3) is 0 Å². The smallest absolute Gasteiger partial charge is 0.219 e. The monoisotopic (exact) mass is 273 g/mol. The summed E-state index contributed by atoms with van der Waals surface area (Å²) >= 11 is 0. The van der Waals surface area contributed by atoms with Gasteiger partial charge in [-0.25, -0.2) is 0 Å². The molecule has 1 heterocycles. The second kappa shape index (κ2) is 8.98. The van der Waals surface area contributed by atoms with Crippen molar-refractivity contribution in [3.05, 3.63) is 36.1 Å².